The number of rotatable bonds is 8. The van der Waals surface area contributed by atoms with Crippen LogP contribution < -0.4 is 5.32 Å². The molecular formula is C21H26N4O2S. The molecule has 3 rings (SSSR count). The highest BCUT2D eigenvalue weighted by atomic mass is 32.1. The number of hydrogen-bond acceptors (Lipinski definition) is 6. The number of carboxylic acid groups (broad SMARTS) is 1. The lowest BCUT2D eigenvalue weighted by molar-refractivity contribution is -0.138. The summed E-state index contributed by atoms with van der Waals surface area (Å²) in [7, 11) is 3.92. The Labute approximate surface area is 169 Å². The fourth-order valence-electron chi connectivity index (χ4n) is 3.13. The molecule has 2 aromatic heterocycles. The fraction of sp³-hybridized carbons (Fsp3) is 0.381. The maximum absolute atomic E-state index is 11.8. The maximum atomic E-state index is 11.8. The zero-order chi connectivity index (χ0) is 20.3. The summed E-state index contributed by atoms with van der Waals surface area (Å²) in [6.07, 6.45) is 0.522. The molecule has 28 heavy (non-hydrogen) atoms. The molecule has 1 aromatic carbocycles. The minimum atomic E-state index is -0.869. The zero-order valence-corrected chi connectivity index (χ0v) is 17.5. The predicted octanol–water partition coefficient (Wildman–Crippen LogP) is 4.33. The van der Waals surface area contributed by atoms with E-state index in [2.05, 4.69) is 10.7 Å². The highest BCUT2D eigenvalue weighted by Gasteiger charge is 2.23. The van der Waals surface area contributed by atoms with E-state index < -0.39 is 12.0 Å². The van der Waals surface area contributed by atoms with Crippen LogP contribution in [0.4, 0.5) is 5.82 Å². The van der Waals surface area contributed by atoms with Crippen LogP contribution in [0.25, 0.3) is 21.3 Å². The number of nitrogens with one attached hydrogen (secondary N) is 1. The lowest BCUT2D eigenvalue weighted by atomic mass is 10.0. The molecule has 1 atom stereocenters. The molecule has 0 saturated carbocycles. The molecule has 0 aliphatic heterocycles. The van der Waals surface area contributed by atoms with Crippen LogP contribution in [0.1, 0.15) is 26.1 Å². The molecule has 0 spiro atoms. The Hall–Kier alpha value is -2.51. The van der Waals surface area contributed by atoms with E-state index in [-0.39, 0.29) is 5.92 Å². The van der Waals surface area contributed by atoms with Gasteiger partial charge in [-0.25, -0.2) is 14.8 Å². The zero-order valence-electron chi connectivity index (χ0n) is 16.6. The quantitative estimate of drug-likeness (QED) is 0.588. The number of aliphatic carboxylic acids is 1. The van der Waals surface area contributed by atoms with Crippen LogP contribution in [-0.2, 0) is 11.3 Å². The predicted molar refractivity (Wildman–Crippen MR) is 115 cm³/mol. The minimum Gasteiger partial charge on any atom is -0.480 e. The molecule has 0 fully saturated rings. The summed E-state index contributed by atoms with van der Waals surface area (Å²) in [5.41, 5.74) is 2.09. The van der Waals surface area contributed by atoms with Gasteiger partial charge in [-0.05, 0) is 32.0 Å². The molecule has 148 valence electrons. The number of carboxylic acids is 1. The van der Waals surface area contributed by atoms with E-state index >= 15 is 0 Å². The van der Waals surface area contributed by atoms with Gasteiger partial charge in [-0.3, -0.25) is 0 Å². The van der Waals surface area contributed by atoms with Gasteiger partial charge in [-0.15, -0.1) is 11.3 Å². The van der Waals surface area contributed by atoms with Gasteiger partial charge in [0.05, 0.1) is 11.9 Å². The van der Waals surface area contributed by atoms with E-state index in [1.54, 1.807) is 11.3 Å². The minimum absolute atomic E-state index is 0.253. The van der Waals surface area contributed by atoms with Crippen LogP contribution in [0.2, 0.25) is 0 Å². The normalized spacial score (nSPS) is 12.6. The monoisotopic (exact) mass is 398 g/mol. The number of thiophene rings is 1. The standard InChI is InChI=1S/C21H26N4O2S/c1-13(2)10-16(21(26)27)22-19-18-15(14-8-6-5-7-9-14)12-28-20(18)24-17(23-19)11-25(3)4/h5-9,12-13,16H,10-11H2,1-4H3,(H,26,27)(H,22,23,24). The first-order chi connectivity index (χ1) is 13.3. The van der Waals surface area contributed by atoms with Crippen molar-refractivity contribution < 1.29 is 9.90 Å². The lowest BCUT2D eigenvalue weighted by Gasteiger charge is -2.19. The third-order valence-corrected chi connectivity index (χ3v) is 5.21. The van der Waals surface area contributed by atoms with Gasteiger partial charge in [-0.1, -0.05) is 44.2 Å². The van der Waals surface area contributed by atoms with Crippen molar-refractivity contribution in [1.29, 1.82) is 0 Å². The highest BCUT2D eigenvalue weighted by molar-refractivity contribution is 7.17. The van der Waals surface area contributed by atoms with Gasteiger partial charge in [0, 0.05) is 10.9 Å². The van der Waals surface area contributed by atoms with Crippen molar-refractivity contribution in [2.24, 2.45) is 5.92 Å². The maximum Gasteiger partial charge on any atom is 0.326 e. The van der Waals surface area contributed by atoms with E-state index in [0.29, 0.717) is 24.6 Å². The molecule has 0 aliphatic rings. The van der Waals surface area contributed by atoms with Crippen LogP contribution in [0, 0.1) is 5.92 Å². The Morgan fingerprint density at radius 1 is 1.21 bits per heavy atom. The number of anilines is 1. The van der Waals surface area contributed by atoms with Gasteiger partial charge in [-0.2, -0.15) is 0 Å². The third kappa shape index (κ3) is 4.66. The van der Waals surface area contributed by atoms with Gasteiger partial charge in [0.25, 0.3) is 0 Å². The van der Waals surface area contributed by atoms with Gasteiger partial charge < -0.3 is 15.3 Å². The van der Waals surface area contributed by atoms with Crippen LogP contribution in [0.3, 0.4) is 0 Å². The topological polar surface area (TPSA) is 78.4 Å². The number of aromatic nitrogens is 2. The molecule has 0 saturated heterocycles. The van der Waals surface area contributed by atoms with E-state index in [1.807, 2.05) is 63.2 Å². The first-order valence-corrected chi connectivity index (χ1v) is 10.2. The van der Waals surface area contributed by atoms with Crippen molar-refractivity contribution in [3.8, 4) is 11.1 Å². The summed E-state index contributed by atoms with van der Waals surface area (Å²) >= 11 is 1.56. The molecule has 2 N–H and O–H groups in total. The summed E-state index contributed by atoms with van der Waals surface area (Å²) in [6.45, 7) is 4.63. The van der Waals surface area contributed by atoms with Gasteiger partial charge in [0.2, 0.25) is 0 Å². The molecule has 1 unspecified atom stereocenters. The Morgan fingerprint density at radius 2 is 1.93 bits per heavy atom. The molecule has 0 aliphatic carbocycles. The second kappa shape index (κ2) is 8.67. The molecule has 0 bridgehead atoms. The molecule has 7 heteroatoms. The van der Waals surface area contributed by atoms with Gasteiger partial charge >= 0.3 is 5.97 Å². The van der Waals surface area contributed by atoms with E-state index in [1.165, 1.54) is 0 Å². The Bertz CT molecular complexity index is 954. The molecule has 6 nitrogen and oxygen atoms in total. The van der Waals surface area contributed by atoms with Crippen molar-refractivity contribution in [1.82, 2.24) is 14.9 Å². The Balaban J connectivity index is 2.13. The highest BCUT2D eigenvalue weighted by Crippen LogP contribution is 2.37. The summed E-state index contributed by atoms with van der Waals surface area (Å²) in [6, 6.07) is 9.35. The van der Waals surface area contributed by atoms with Crippen molar-refractivity contribution >= 4 is 33.3 Å². The summed E-state index contributed by atoms with van der Waals surface area (Å²) in [5, 5.41) is 15.8. The number of nitrogens with zero attached hydrogens (tertiary/aromatic N) is 3. The number of carbonyl (C=O) groups is 1. The van der Waals surface area contributed by atoms with E-state index in [0.717, 1.165) is 21.3 Å². The lowest BCUT2D eigenvalue weighted by Crippen LogP contribution is -2.31. The molecule has 0 radical (unpaired) electrons. The van der Waals surface area contributed by atoms with Gasteiger partial charge in [0.15, 0.2) is 0 Å². The molecule has 2 heterocycles. The molecule has 3 aromatic rings. The van der Waals surface area contributed by atoms with Crippen molar-refractivity contribution in [3.63, 3.8) is 0 Å². The summed E-state index contributed by atoms with van der Waals surface area (Å²) < 4.78 is 0. The molecule has 0 amide bonds. The summed E-state index contributed by atoms with van der Waals surface area (Å²) in [4.78, 5) is 24.1. The third-order valence-electron chi connectivity index (χ3n) is 4.34. The average Bonchev–Trinajstić information content (AvgIpc) is 3.05. The second-order valence-electron chi connectivity index (χ2n) is 7.59. The summed E-state index contributed by atoms with van der Waals surface area (Å²) in [5.74, 6) is 0.652. The first kappa shape index (κ1) is 20.2. The van der Waals surface area contributed by atoms with Gasteiger partial charge in [0.1, 0.15) is 22.5 Å². The Kier molecular flexibility index (Phi) is 6.26. The number of hydrogen-bond donors (Lipinski definition) is 2. The SMILES string of the molecule is CC(C)CC(Nc1nc(CN(C)C)nc2scc(-c3ccccc3)c12)C(=O)O. The average molecular weight is 399 g/mol. The van der Waals surface area contributed by atoms with Crippen LogP contribution in [-0.4, -0.2) is 46.1 Å². The van der Waals surface area contributed by atoms with Crippen molar-refractivity contribution in [3.05, 3.63) is 41.5 Å². The first-order valence-electron chi connectivity index (χ1n) is 9.32. The Morgan fingerprint density at radius 3 is 2.54 bits per heavy atom. The largest absolute Gasteiger partial charge is 0.480 e. The fourth-order valence-corrected chi connectivity index (χ4v) is 4.10. The molecular weight excluding hydrogens is 372 g/mol. The smallest absolute Gasteiger partial charge is 0.326 e. The van der Waals surface area contributed by atoms with Crippen LogP contribution in [0.5, 0.6) is 0 Å². The van der Waals surface area contributed by atoms with Crippen LogP contribution in [0.15, 0.2) is 35.7 Å². The van der Waals surface area contributed by atoms with E-state index in [9.17, 15) is 9.90 Å². The van der Waals surface area contributed by atoms with Crippen molar-refractivity contribution in [2.45, 2.75) is 32.9 Å². The van der Waals surface area contributed by atoms with Crippen LogP contribution >= 0.6 is 11.3 Å². The second-order valence-corrected chi connectivity index (χ2v) is 8.44. The van der Waals surface area contributed by atoms with Crippen molar-refractivity contribution in [2.75, 3.05) is 19.4 Å². The number of benzene rings is 1. The van der Waals surface area contributed by atoms with E-state index in [4.69, 9.17) is 9.97 Å². The number of fused-ring (bicyclic) bond motifs is 1.